The lowest BCUT2D eigenvalue weighted by molar-refractivity contribution is 0.316. The molecule has 0 aromatic heterocycles. The number of rotatable bonds is 3. The zero-order valence-electron chi connectivity index (χ0n) is 2.99. The van der Waals surface area contributed by atoms with Crippen LogP contribution in [0.5, 0.6) is 0 Å². The molecule has 0 unspecified atom stereocenters. The van der Waals surface area contributed by atoms with Gasteiger partial charge in [0.05, 0.1) is 13.2 Å². The van der Waals surface area contributed by atoms with Crippen LogP contribution in [0.3, 0.4) is 0 Å². The summed E-state index contributed by atoms with van der Waals surface area (Å²) in [5.74, 6) is 0. The molecule has 4 heteroatoms. The Hall–Kier alpha value is 1.38. The molecule has 0 N–H and O–H groups in total. The van der Waals surface area contributed by atoms with Crippen molar-refractivity contribution in [3.8, 4) is 0 Å². The zero-order chi connectivity index (χ0) is 4.83. The van der Waals surface area contributed by atoms with Crippen molar-refractivity contribution in [1.29, 1.82) is 0 Å². The average Bonchev–Trinajstić information content (AvgIpc) is 1.61. The van der Waals surface area contributed by atoms with Crippen molar-refractivity contribution in [2.45, 2.75) is 0 Å². The zero-order valence-corrected chi connectivity index (χ0v) is 7.30. The molecule has 6 heavy (non-hydrogen) atoms. The van der Waals surface area contributed by atoms with Gasteiger partial charge in [-0.25, -0.2) is 0 Å². The quantitative estimate of drug-likeness (QED) is 0.583. The van der Waals surface area contributed by atoms with Crippen LogP contribution in [0.2, 0.25) is 0 Å². The molecule has 0 saturated carbocycles. The highest BCUT2D eigenvalue weighted by Gasteiger charge is 1.77. The third kappa shape index (κ3) is 5.38. The van der Waals surface area contributed by atoms with Gasteiger partial charge in [-0.3, -0.25) is 0 Å². The first-order valence-electron chi connectivity index (χ1n) is 1.39. The van der Waals surface area contributed by atoms with E-state index in [9.17, 15) is 0 Å². The first-order valence-corrected chi connectivity index (χ1v) is 3.15. The Kier molecular flexibility index (Phi) is 7.85. The molecular weight excluding hydrogens is 310 g/mol. The molecule has 2 nitrogen and oxygen atoms in total. The van der Waals surface area contributed by atoms with Gasteiger partial charge in [-0.2, -0.15) is 0 Å². The molecule has 0 heterocycles. The van der Waals surface area contributed by atoms with Gasteiger partial charge in [0.25, 0.3) is 0 Å². The highest BCUT2D eigenvalue weighted by atomic mass is 127. The molecule has 0 fully saturated rings. The number of halogens is 2. The second-order valence-electron chi connectivity index (χ2n) is 0.626. The summed E-state index contributed by atoms with van der Waals surface area (Å²) < 4.78 is 9.24. The van der Waals surface area contributed by atoms with E-state index in [0.717, 1.165) is 0 Å². The molecule has 0 aromatic rings. The molecule has 0 atom stereocenters. The minimum Gasteiger partial charge on any atom is -0.313 e. The van der Waals surface area contributed by atoms with Crippen LogP contribution in [-0.2, 0) is 6.13 Å². The molecule has 0 aliphatic carbocycles. The first kappa shape index (κ1) is 7.38. The van der Waals surface area contributed by atoms with E-state index >= 15 is 0 Å². The lowest BCUT2D eigenvalue weighted by Gasteiger charge is -1.87. The van der Waals surface area contributed by atoms with Gasteiger partial charge in [0, 0.05) is 0 Å². The summed E-state index contributed by atoms with van der Waals surface area (Å²) in [5, 5.41) is 0. The fraction of sp³-hybridized carbons (Fsp3) is 1.00. The van der Waals surface area contributed by atoms with Crippen molar-refractivity contribution in [2.75, 3.05) is 13.2 Å². The highest BCUT2D eigenvalue weighted by Crippen LogP contribution is 1.88. The second kappa shape index (κ2) is 6.38. The summed E-state index contributed by atoms with van der Waals surface area (Å²) in [6.45, 7) is 1.34. The Morgan fingerprint density at radius 2 is 1.33 bits per heavy atom. The molecule has 0 amide bonds. The van der Waals surface area contributed by atoms with Gasteiger partial charge in [0.1, 0.15) is 46.0 Å². The topological polar surface area (TPSA) is 18.5 Å². The summed E-state index contributed by atoms with van der Waals surface area (Å²) in [7, 11) is 0. The monoisotopic (exact) mass is 314 g/mol. The lowest BCUT2D eigenvalue weighted by atomic mass is 10.8. The third-order valence-electron chi connectivity index (χ3n) is 0.238. The number of hydrogen-bond donors (Lipinski definition) is 0. The van der Waals surface area contributed by atoms with Crippen molar-refractivity contribution in [2.24, 2.45) is 0 Å². The molecule has 0 rings (SSSR count). The predicted octanol–water partition coefficient (Wildman–Crippen LogP) is 1.72. The van der Waals surface area contributed by atoms with Gasteiger partial charge >= 0.3 is 0 Å². The summed E-state index contributed by atoms with van der Waals surface area (Å²) in [6, 6.07) is 0. The van der Waals surface area contributed by atoms with Gasteiger partial charge in [0.15, 0.2) is 0 Å². The summed E-state index contributed by atoms with van der Waals surface area (Å²) in [4.78, 5) is 0. The average molecular weight is 314 g/mol. The van der Waals surface area contributed by atoms with Crippen molar-refractivity contribution in [1.82, 2.24) is 0 Å². The second-order valence-corrected chi connectivity index (χ2v) is 1.87. The van der Waals surface area contributed by atoms with Gasteiger partial charge in [-0.05, 0) is 0 Å². The van der Waals surface area contributed by atoms with E-state index in [1.807, 2.05) is 46.0 Å². The smallest absolute Gasteiger partial charge is 0.109 e. The lowest BCUT2D eigenvalue weighted by Crippen LogP contribution is -1.89. The minimum absolute atomic E-state index is 0.670. The molecule has 0 saturated heterocycles. The predicted molar refractivity (Wildman–Crippen MR) is 39.9 cm³/mol. The summed E-state index contributed by atoms with van der Waals surface area (Å²) in [5.41, 5.74) is 0. The highest BCUT2D eigenvalue weighted by molar-refractivity contribution is 14.1. The number of hydrogen-bond acceptors (Lipinski definition) is 2. The maximum Gasteiger partial charge on any atom is 0.109 e. The minimum atomic E-state index is 0.670. The normalized spacial score (nSPS) is 9.00. The molecule has 0 bridgehead atoms. The summed E-state index contributed by atoms with van der Waals surface area (Å²) >= 11 is 3.65. The maximum absolute atomic E-state index is 4.62. The standard InChI is InChI=1S/C2H4I2O2/c3-5-1-2-6-4/h1-2H2. The Morgan fingerprint density at radius 3 is 1.50 bits per heavy atom. The molecule has 0 aliphatic rings. The Morgan fingerprint density at radius 1 is 1.00 bits per heavy atom. The van der Waals surface area contributed by atoms with E-state index < -0.39 is 0 Å². The van der Waals surface area contributed by atoms with Gasteiger partial charge in [0.2, 0.25) is 0 Å². The van der Waals surface area contributed by atoms with Crippen LogP contribution in [0.4, 0.5) is 0 Å². The fourth-order valence-electron chi connectivity index (χ4n) is 0.0630. The van der Waals surface area contributed by atoms with Crippen LogP contribution in [-0.4, -0.2) is 13.2 Å². The summed E-state index contributed by atoms with van der Waals surface area (Å²) in [6.07, 6.45) is 0. The van der Waals surface area contributed by atoms with Crippen LogP contribution in [0.15, 0.2) is 0 Å². The fourth-order valence-corrected chi connectivity index (χ4v) is 0.423. The van der Waals surface area contributed by atoms with E-state index in [2.05, 4.69) is 6.13 Å². The molecule has 0 aromatic carbocycles. The van der Waals surface area contributed by atoms with Gasteiger partial charge in [-0.15, -0.1) is 0 Å². The van der Waals surface area contributed by atoms with Crippen LogP contribution >= 0.6 is 46.0 Å². The molecule has 38 valence electrons. The van der Waals surface area contributed by atoms with Crippen molar-refractivity contribution in [3.63, 3.8) is 0 Å². The van der Waals surface area contributed by atoms with E-state index in [0.29, 0.717) is 13.2 Å². The molecule has 0 spiro atoms. The Labute approximate surface area is 65.0 Å². The largest absolute Gasteiger partial charge is 0.313 e. The van der Waals surface area contributed by atoms with E-state index in [4.69, 9.17) is 0 Å². The SMILES string of the molecule is IOCCOI. The van der Waals surface area contributed by atoms with Crippen LogP contribution < -0.4 is 0 Å². The maximum atomic E-state index is 4.62. The molecular formula is C2H4I2O2. The van der Waals surface area contributed by atoms with Crippen LogP contribution in [0, 0.1) is 0 Å². The Bertz CT molecular complexity index is 21.5. The van der Waals surface area contributed by atoms with Crippen LogP contribution in [0.25, 0.3) is 0 Å². The van der Waals surface area contributed by atoms with E-state index in [1.54, 1.807) is 0 Å². The van der Waals surface area contributed by atoms with Crippen molar-refractivity contribution >= 4 is 46.0 Å². The Balaban J connectivity index is 2.34. The van der Waals surface area contributed by atoms with E-state index in [1.165, 1.54) is 0 Å². The van der Waals surface area contributed by atoms with Gasteiger partial charge < -0.3 is 6.13 Å². The van der Waals surface area contributed by atoms with E-state index in [-0.39, 0.29) is 0 Å². The van der Waals surface area contributed by atoms with Crippen molar-refractivity contribution < 1.29 is 6.13 Å². The molecule has 0 aliphatic heterocycles. The van der Waals surface area contributed by atoms with Crippen molar-refractivity contribution in [3.05, 3.63) is 0 Å². The third-order valence-corrected chi connectivity index (χ3v) is 1.12. The van der Waals surface area contributed by atoms with Crippen LogP contribution in [0.1, 0.15) is 0 Å². The first-order chi connectivity index (χ1) is 2.91. The molecule has 0 radical (unpaired) electrons. The van der Waals surface area contributed by atoms with Gasteiger partial charge in [-0.1, -0.05) is 0 Å².